The molecule has 1 saturated heterocycles. The summed E-state index contributed by atoms with van der Waals surface area (Å²) < 4.78 is 16.4. The van der Waals surface area contributed by atoms with E-state index in [9.17, 15) is 0 Å². The lowest BCUT2D eigenvalue weighted by Crippen LogP contribution is -2.23. The van der Waals surface area contributed by atoms with Crippen LogP contribution in [0.2, 0.25) is 0 Å². The molecular weight excluding hydrogens is 300 g/mol. The molecule has 0 radical (unpaired) electrons. The largest absolute Gasteiger partial charge is 0.496 e. The van der Waals surface area contributed by atoms with Gasteiger partial charge in [-0.3, -0.25) is 4.90 Å². The number of hydrogen-bond donors (Lipinski definition) is 0. The molecule has 1 aromatic carbocycles. The molecule has 0 bridgehead atoms. The molecule has 0 saturated carbocycles. The van der Waals surface area contributed by atoms with Crippen LogP contribution < -0.4 is 14.2 Å². The number of aromatic nitrogens is 1. The fourth-order valence-electron chi connectivity index (χ4n) is 3.19. The van der Waals surface area contributed by atoms with Crippen LogP contribution in [0.1, 0.15) is 29.5 Å². The Morgan fingerprint density at radius 2 is 2.23 bits per heavy atom. The minimum atomic E-state index is 0.285. The van der Waals surface area contributed by atoms with Gasteiger partial charge in [-0.2, -0.15) is 0 Å². The Morgan fingerprint density at radius 3 is 3.00 bits per heavy atom. The van der Waals surface area contributed by atoms with Crippen LogP contribution in [-0.2, 0) is 6.54 Å². The maximum atomic E-state index is 5.53. The second-order valence-electron chi connectivity index (χ2n) is 5.52. The van der Waals surface area contributed by atoms with Crippen LogP contribution in [0.15, 0.2) is 23.7 Å². The van der Waals surface area contributed by atoms with Gasteiger partial charge in [0.1, 0.15) is 10.8 Å². The number of likely N-dealkylation sites (tertiary alicyclic amines) is 1. The molecular formula is C16H18N2O3S. The van der Waals surface area contributed by atoms with Crippen molar-refractivity contribution in [2.24, 2.45) is 0 Å². The Hall–Kier alpha value is -1.79. The molecule has 0 spiro atoms. The number of thiazole rings is 1. The van der Waals surface area contributed by atoms with Gasteiger partial charge in [-0.25, -0.2) is 4.98 Å². The average Bonchev–Trinajstić information content (AvgIpc) is 3.27. The summed E-state index contributed by atoms with van der Waals surface area (Å²) in [6.07, 6.45) is 4.26. The number of nitrogens with zero attached hydrogens (tertiary/aromatic N) is 2. The van der Waals surface area contributed by atoms with Crippen LogP contribution in [0.5, 0.6) is 17.2 Å². The first kappa shape index (κ1) is 13.8. The van der Waals surface area contributed by atoms with Crippen molar-refractivity contribution >= 4 is 11.3 Å². The van der Waals surface area contributed by atoms with E-state index in [2.05, 4.69) is 9.88 Å². The number of rotatable bonds is 4. The molecule has 1 atom stereocenters. The van der Waals surface area contributed by atoms with Crippen molar-refractivity contribution < 1.29 is 14.2 Å². The van der Waals surface area contributed by atoms with Crippen molar-refractivity contribution in [3.8, 4) is 17.2 Å². The van der Waals surface area contributed by atoms with Crippen LogP contribution in [0, 0.1) is 0 Å². The van der Waals surface area contributed by atoms with Gasteiger partial charge in [0, 0.05) is 29.8 Å². The van der Waals surface area contributed by atoms with E-state index < -0.39 is 0 Å². The van der Waals surface area contributed by atoms with Gasteiger partial charge in [0.05, 0.1) is 13.2 Å². The summed E-state index contributed by atoms with van der Waals surface area (Å²) in [5.41, 5.74) is 1.13. The van der Waals surface area contributed by atoms with Crippen LogP contribution in [0.25, 0.3) is 0 Å². The third-order valence-corrected chi connectivity index (χ3v) is 5.13. The summed E-state index contributed by atoms with van der Waals surface area (Å²) in [6, 6.07) is 4.37. The van der Waals surface area contributed by atoms with Gasteiger partial charge in [-0.05, 0) is 25.5 Å². The molecule has 2 aliphatic rings. The van der Waals surface area contributed by atoms with Gasteiger partial charge in [0.25, 0.3) is 0 Å². The molecule has 2 aliphatic heterocycles. The van der Waals surface area contributed by atoms with Gasteiger partial charge in [0.2, 0.25) is 6.79 Å². The summed E-state index contributed by atoms with van der Waals surface area (Å²) in [6.45, 7) is 2.21. The molecule has 2 aromatic rings. The second kappa shape index (κ2) is 5.78. The number of ether oxygens (including phenoxy) is 3. The highest BCUT2D eigenvalue weighted by atomic mass is 32.1. The second-order valence-corrected chi connectivity index (χ2v) is 6.44. The molecule has 0 aliphatic carbocycles. The molecule has 5 nitrogen and oxygen atoms in total. The van der Waals surface area contributed by atoms with Crippen molar-refractivity contribution in [3.05, 3.63) is 34.3 Å². The van der Waals surface area contributed by atoms with Gasteiger partial charge in [-0.1, -0.05) is 0 Å². The minimum absolute atomic E-state index is 0.285. The molecule has 3 heterocycles. The highest BCUT2D eigenvalue weighted by molar-refractivity contribution is 7.09. The molecule has 0 amide bonds. The fraction of sp³-hybridized carbons (Fsp3) is 0.438. The zero-order valence-electron chi connectivity index (χ0n) is 12.4. The molecule has 116 valence electrons. The molecule has 0 unspecified atom stereocenters. The Bertz CT molecular complexity index is 660. The van der Waals surface area contributed by atoms with Crippen molar-refractivity contribution in [1.29, 1.82) is 0 Å². The van der Waals surface area contributed by atoms with E-state index in [0.29, 0.717) is 6.04 Å². The topological polar surface area (TPSA) is 43.8 Å². The summed E-state index contributed by atoms with van der Waals surface area (Å²) >= 11 is 1.74. The van der Waals surface area contributed by atoms with Crippen LogP contribution >= 0.6 is 11.3 Å². The standard InChI is InChI=1S/C16H18N2O3S/c1-19-13-8-15-14(20-10-21-15)7-11(13)9-18-5-2-3-12(18)16-17-4-6-22-16/h4,6-8,12H,2-3,5,9-10H2,1H3/t12-/m0/s1. The lowest BCUT2D eigenvalue weighted by atomic mass is 10.1. The normalized spacial score (nSPS) is 20.5. The predicted octanol–water partition coefficient (Wildman–Crippen LogP) is 3.22. The first-order chi connectivity index (χ1) is 10.8. The zero-order valence-corrected chi connectivity index (χ0v) is 13.3. The van der Waals surface area contributed by atoms with Crippen LogP contribution in [0.4, 0.5) is 0 Å². The quantitative estimate of drug-likeness (QED) is 0.866. The maximum absolute atomic E-state index is 5.53. The molecule has 0 N–H and O–H groups in total. The first-order valence-corrected chi connectivity index (χ1v) is 8.33. The Balaban J connectivity index is 1.60. The summed E-state index contributed by atoms with van der Waals surface area (Å²) in [5.74, 6) is 2.42. The van der Waals surface area contributed by atoms with Crippen molar-refractivity contribution in [2.75, 3.05) is 20.4 Å². The van der Waals surface area contributed by atoms with Crippen LogP contribution in [0.3, 0.4) is 0 Å². The van der Waals surface area contributed by atoms with E-state index in [1.165, 1.54) is 17.8 Å². The summed E-state index contributed by atoms with van der Waals surface area (Å²) in [4.78, 5) is 6.96. The van der Waals surface area contributed by atoms with E-state index in [1.807, 2.05) is 23.7 Å². The molecule has 6 heteroatoms. The van der Waals surface area contributed by atoms with Gasteiger partial charge in [0.15, 0.2) is 11.5 Å². The smallest absolute Gasteiger partial charge is 0.231 e. The lowest BCUT2D eigenvalue weighted by Gasteiger charge is -2.23. The van der Waals surface area contributed by atoms with Crippen molar-refractivity contribution in [2.45, 2.75) is 25.4 Å². The van der Waals surface area contributed by atoms with E-state index in [0.717, 1.165) is 35.9 Å². The van der Waals surface area contributed by atoms with E-state index in [1.54, 1.807) is 18.4 Å². The van der Waals surface area contributed by atoms with Crippen molar-refractivity contribution in [3.63, 3.8) is 0 Å². The molecule has 1 aromatic heterocycles. The Morgan fingerprint density at radius 1 is 1.36 bits per heavy atom. The van der Waals surface area contributed by atoms with Crippen molar-refractivity contribution in [1.82, 2.24) is 9.88 Å². The predicted molar refractivity (Wildman–Crippen MR) is 83.6 cm³/mol. The average molecular weight is 318 g/mol. The summed E-state index contributed by atoms with van der Waals surface area (Å²) in [5, 5.41) is 3.25. The third kappa shape index (κ3) is 2.42. The maximum Gasteiger partial charge on any atom is 0.231 e. The number of fused-ring (bicyclic) bond motifs is 1. The minimum Gasteiger partial charge on any atom is -0.496 e. The summed E-state index contributed by atoms with van der Waals surface area (Å²) in [7, 11) is 1.70. The highest BCUT2D eigenvalue weighted by Gasteiger charge is 2.29. The molecule has 4 rings (SSSR count). The van der Waals surface area contributed by atoms with Gasteiger partial charge >= 0.3 is 0 Å². The number of methoxy groups -OCH3 is 1. The van der Waals surface area contributed by atoms with E-state index in [4.69, 9.17) is 14.2 Å². The lowest BCUT2D eigenvalue weighted by molar-refractivity contribution is 0.173. The van der Waals surface area contributed by atoms with Gasteiger partial charge in [-0.15, -0.1) is 11.3 Å². The van der Waals surface area contributed by atoms with Crippen LogP contribution in [-0.4, -0.2) is 30.3 Å². The van der Waals surface area contributed by atoms with E-state index in [-0.39, 0.29) is 6.79 Å². The fourth-order valence-corrected chi connectivity index (χ4v) is 4.00. The number of hydrogen-bond acceptors (Lipinski definition) is 6. The Kier molecular flexibility index (Phi) is 3.63. The zero-order chi connectivity index (χ0) is 14.9. The molecule has 22 heavy (non-hydrogen) atoms. The highest BCUT2D eigenvalue weighted by Crippen LogP contribution is 2.40. The van der Waals surface area contributed by atoms with E-state index >= 15 is 0 Å². The van der Waals surface area contributed by atoms with Gasteiger partial charge < -0.3 is 14.2 Å². The third-order valence-electron chi connectivity index (χ3n) is 4.25. The SMILES string of the molecule is COc1cc2c(cc1CN1CCC[C@H]1c1nccs1)OCO2. The monoisotopic (exact) mass is 318 g/mol. The number of benzene rings is 1. The molecule has 1 fully saturated rings. The Labute approximate surface area is 133 Å². The first-order valence-electron chi connectivity index (χ1n) is 7.45.